The predicted molar refractivity (Wildman–Crippen MR) is 119 cm³/mol. The number of rotatable bonds is 3. The van der Waals surface area contributed by atoms with Crippen LogP contribution < -0.4 is 4.90 Å². The molecule has 0 unspecified atom stereocenters. The zero-order chi connectivity index (χ0) is 23.1. The maximum Gasteiger partial charge on any atom is 0.269 e. The van der Waals surface area contributed by atoms with Crippen molar-refractivity contribution < 1.29 is 19.3 Å². The summed E-state index contributed by atoms with van der Waals surface area (Å²) in [4.78, 5) is 52.8. The average Bonchev–Trinajstić information content (AvgIpc) is 3.09. The highest BCUT2D eigenvalue weighted by Gasteiger charge is 2.69. The number of non-ortho nitro benzene ring substituents is 1. The van der Waals surface area contributed by atoms with Crippen molar-refractivity contribution in [3.63, 3.8) is 0 Å². The number of ketones is 1. The molecule has 0 aromatic heterocycles. The lowest BCUT2D eigenvalue weighted by Gasteiger charge is -2.52. The lowest BCUT2D eigenvalue weighted by Crippen LogP contribution is -2.57. The van der Waals surface area contributed by atoms with Crippen LogP contribution in [-0.2, 0) is 19.8 Å². The molecule has 2 amide bonds. The van der Waals surface area contributed by atoms with E-state index in [1.165, 1.54) is 31.2 Å². The third-order valence-electron chi connectivity index (χ3n) is 7.49. The van der Waals surface area contributed by atoms with E-state index in [1.807, 2.05) is 48.5 Å². The molecule has 0 radical (unpaired) electrons. The Labute approximate surface area is 188 Å². The van der Waals surface area contributed by atoms with Crippen molar-refractivity contribution in [3.8, 4) is 0 Å². The highest BCUT2D eigenvalue weighted by molar-refractivity contribution is 6.25. The lowest BCUT2D eigenvalue weighted by molar-refractivity contribution is -0.384. The topological polar surface area (TPSA) is 97.6 Å². The Kier molecular flexibility index (Phi) is 3.82. The number of nitrogens with zero attached hydrogens (tertiary/aromatic N) is 2. The van der Waals surface area contributed by atoms with Gasteiger partial charge in [-0.25, -0.2) is 4.90 Å². The number of carbonyl (C=O) groups is 3. The molecule has 1 aliphatic heterocycles. The highest BCUT2D eigenvalue weighted by Crippen LogP contribution is 2.64. The minimum absolute atomic E-state index is 0.129. The zero-order valence-corrected chi connectivity index (χ0v) is 17.6. The molecule has 3 aromatic carbocycles. The van der Waals surface area contributed by atoms with Gasteiger partial charge in [-0.1, -0.05) is 48.5 Å². The molecule has 7 heteroatoms. The minimum atomic E-state index is -1.26. The molecule has 0 N–H and O–H groups in total. The summed E-state index contributed by atoms with van der Waals surface area (Å²) in [5.74, 6) is -2.93. The SMILES string of the molecule is CC(=O)C12c3ccccc3C(c3ccccc31)[C@H]1C(=O)N(c3ccc([N+](=O)[O-])cc3)C(=O)[C@@H]12. The Morgan fingerprint density at radius 2 is 1.42 bits per heavy atom. The van der Waals surface area contributed by atoms with Gasteiger partial charge in [-0.15, -0.1) is 0 Å². The van der Waals surface area contributed by atoms with Gasteiger partial charge >= 0.3 is 0 Å². The third kappa shape index (κ3) is 2.21. The number of hydrogen-bond donors (Lipinski definition) is 0. The summed E-state index contributed by atoms with van der Waals surface area (Å²) in [5, 5.41) is 11.1. The van der Waals surface area contributed by atoms with Crippen molar-refractivity contribution in [3.05, 3.63) is 105 Å². The zero-order valence-electron chi connectivity index (χ0n) is 17.6. The van der Waals surface area contributed by atoms with E-state index in [4.69, 9.17) is 0 Å². The van der Waals surface area contributed by atoms with Crippen molar-refractivity contribution in [2.24, 2.45) is 11.8 Å². The number of hydrogen-bond acceptors (Lipinski definition) is 5. The van der Waals surface area contributed by atoms with Crippen LogP contribution in [0.25, 0.3) is 0 Å². The molecule has 7 nitrogen and oxygen atoms in total. The summed E-state index contributed by atoms with van der Waals surface area (Å²) in [7, 11) is 0. The van der Waals surface area contributed by atoms with Crippen LogP contribution in [0.3, 0.4) is 0 Å². The van der Waals surface area contributed by atoms with Crippen LogP contribution in [0.5, 0.6) is 0 Å². The molecule has 33 heavy (non-hydrogen) atoms. The summed E-state index contributed by atoms with van der Waals surface area (Å²) in [6.45, 7) is 1.49. The van der Waals surface area contributed by atoms with Crippen molar-refractivity contribution in [2.45, 2.75) is 18.3 Å². The second kappa shape index (κ2) is 6.45. The Bertz CT molecular complexity index is 1350. The standard InChI is InChI=1S/C26H18N2O5/c1-14(29)26-19-8-4-2-6-17(19)21(18-7-3-5-9-20(18)26)22-23(26)25(31)27(24(22)30)15-10-12-16(13-11-15)28(32)33/h2-13,21-23H,1H3/t21?,22-,23-,26?/m1/s1. The van der Waals surface area contributed by atoms with Crippen molar-refractivity contribution >= 4 is 29.0 Å². The van der Waals surface area contributed by atoms with Crippen molar-refractivity contribution in [2.75, 3.05) is 4.90 Å². The van der Waals surface area contributed by atoms with Gasteiger partial charge in [-0.05, 0) is 41.3 Å². The number of Topliss-reactive ketones (excluding diaryl/α,β-unsaturated/α-hetero) is 1. The number of nitro groups is 1. The van der Waals surface area contributed by atoms with Gasteiger partial charge in [0.05, 0.1) is 27.9 Å². The summed E-state index contributed by atoms with van der Waals surface area (Å²) in [6.07, 6.45) is 0. The number of anilines is 1. The Morgan fingerprint density at radius 3 is 1.94 bits per heavy atom. The second-order valence-electron chi connectivity index (χ2n) is 8.81. The molecular formula is C26H18N2O5. The van der Waals surface area contributed by atoms with Crippen LogP contribution in [0, 0.1) is 22.0 Å². The monoisotopic (exact) mass is 438 g/mol. The van der Waals surface area contributed by atoms with Gasteiger partial charge in [0.1, 0.15) is 5.78 Å². The van der Waals surface area contributed by atoms with Gasteiger partial charge in [0, 0.05) is 18.1 Å². The first-order chi connectivity index (χ1) is 15.9. The first-order valence-corrected chi connectivity index (χ1v) is 10.7. The minimum Gasteiger partial charge on any atom is -0.299 e. The average molecular weight is 438 g/mol. The van der Waals surface area contributed by atoms with Crippen molar-refractivity contribution in [1.82, 2.24) is 0 Å². The molecule has 2 atom stereocenters. The van der Waals surface area contributed by atoms with Crippen LogP contribution in [-0.4, -0.2) is 22.5 Å². The molecule has 3 aliphatic carbocycles. The first-order valence-electron chi connectivity index (χ1n) is 10.7. The fourth-order valence-corrected chi connectivity index (χ4v) is 6.35. The van der Waals surface area contributed by atoms with Crippen LogP contribution in [0.15, 0.2) is 72.8 Å². The number of imide groups is 1. The molecular weight excluding hydrogens is 420 g/mol. The number of benzene rings is 3. The van der Waals surface area contributed by atoms with Crippen molar-refractivity contribution in [1.29, 1.82) is 0 Å². The summed E-state index contributed by atoms with van der Waals surface area (Å²) in [5.41, 5.74) is 2.27. The predicted octanol–water partition coefficient (Wildman–Crippen LogP) is 3.73. The fraction of sp³-hybridized carbons (Fsp3) is 0.192. The van der Waals surface area contributed by atoms with E-state index in [-0.39, 0.29) is 29.0 Å². The summed E-state index contributed by atoms with van der Waals surface area (Å²) < 4.78 is 0. The fourth-order valence-electron chi connectivity index (χ4n) is 6.35. The normalized spacial score (nSPS) is 26.6. The molecule has 2 bridgehead atoms. The largest absolute Gasteiger partial charge is 0.299 e. The van der Waals surface area contributed by atoms with E-state index in [0.717, 1.165) is 27.2 Å². The summed E-state index contributed by atoms with van der Waals surface area (Å²) in [6, 6.07) is 20.5. The quantitative estimate of drug-likeness (QED) is 0.353. The van der Waals surface area contributed by atoms with Gasteiger partial charge < -0.3 is 0 Å². The second-order valence-corrected chi connectivity index (χ2v) is 8.81. The lowest BCUT2D eigenvalue weighted by atomic mass is 9.46. The Morgan fingerprint density at radius 1 is 0.879 bits per heavy atom. The van der Waals surface area contributed by atoms with Gasteiger partial charge in [-0.3, -0.25) is 24.5 Å². The molecule has 0 spiro atoms. The van der Waals surface area contributed by atoms with E-state index in [2.05, 4.69) is 0 Å². The van der Waals surface area contributed by atoms with Crippen LogP contribution in [0.1, 0.15) is 35.1 Å². The van der Waals surface area contributed by atoms with Gasteiger partial charge in [0.25, 0.3) is 5.69 Å². The molecule has 0 saturated carbocycles. The van der Waals surface area contributed by atoms with Gasteiger partial charge in [-0.2, -0.15) is 0 Å². The van der Waals surface area contributed by atoms with Crippen LogP contribution in [0.2, 0.25) is 0 Å². The number of carbonyl (C=O) groups excluding carboxylic acids is 3. The van der Waals surface area contributed by atoms with Gasteiger partial charge in [0.15, 0.2) is 0 Å². The highest BCUT2D eigenvalue weighted by atomic mass is 16.6. The molecule has 1 heterocycles. The first kappa shape index (κ1) is 19.5. The molecule has 162 valence electrons. The maximum atomic E-state index is 13.9. The van der Waals surface area contributed by atoms with Crippen LogP contribution >= 0.6 is 0 Å². The Balaban J connectivity index is 1.61. The van der Waals surface area contributed by atoms with Crippen LogP contribution in [0.4, 0.5) is 11.4 Å². The molecule has 7 rings (SSSR count). The van der Waals surface area contributed by atoms with E-state index in [1.54, 1.807) is 0 Å². The van der Waals surface area contributed by atoms with Gasteiger partial charge in [0.2, 0.25) is 11.8 Å². The van der Waals surface area contributed by atoms with E-state index >= 15 is 0 Å². The molecule has 1 saturated heterocycles. The molecule has 3 aromatic rings. The summed E-state index contributed by atoms with van der Waals surface area (Å²) >= 11 is 0. The number of nitro benzene ring substituents is 1. The van der Waals surface area contributed by atoms with E-state index < -0.39 is 28.1 Å². The van der Waals surface area contributed by atoms with E-state index in [0.29, 0.717) is 0 Å². The van der Waals surface area contributed by atoms with E-state index in [9.17, 15) is 24.5 Å². The molecule has 1 fully saturated rings. The smallest absolute Gasteiger partial charge is 0.269 e. The third-order valence-corrected chi connectivity index (χ3v) is 7.49. The molecule has 4 aliphatic rings. The Hall–Kier alpha value is -4.13. The maximum absolute atomic E-state index is 13.9. The number of amides is 2.